The van der Waals surface area contributed by atoms with Gasteiger partial charge in [0.15, 0.2) is 12.7 Å². The molecular weight excluding hydrogens is 276 g/mol. The maximum atomic E-state index is 11.6. The Balaban J connectivity index is 2.33. The zero-order chi connectivity index (χ0) is 15.7. The minimum Gasteiger partial charge on any atom is -0.480 e. The van der Waals surface area contributed by atoms with Gasteiger partial charge in [-0.05, 0) is 19.1 Å². The van der Waals surface area contributed by atoms with Crippen LogP contribution in [0.4, 0.5) is 5.69 Å². The van der Waals surface area contributed by atoms with E-state index in [1.165, 1.54) is 14.0 Å². The van der Waals surface area contributed by atoms with Crippen LogP contribution in [0.3, 0.4) is 0 Å². The van der Waals surface area contributed by atoms with Crippen molar-refractivity contribution in [3.8, 4) is 5.75 Å². The Bertz CT molecular complexity index is 478. The van der Waals surface area contributed by atoms with Gasteiger partial charge < -0.3 is 25.3 Å². The van der Waals surface area contributed by atoms with Crippen molar-refractivity contribution < 1.29 is 23.8 Å². The molecule has 0 heterocycles. The van der Waals surface area contributed by atoms with Gasteiger partial charge in [0.2, 0.25) is 0 Å². The van der Waals surface area contributed by atoms with E-state index < -0.39 is 12.1 Å². The third-order valence-electron chi connectivity index (χ3n) is 2.55. The summed E-state index contributed by atoms with van der Waals surface area (Å²) in [6.45, 7) is 1.91. The fourth-order valence-corrected chi connectivity index (χ4v) is 1.45. The number of nitrogens with two attached hydrogens (primary N) is 1. The summed E-state index contributed by atoms with van der Waals surface area (Å²) in [4.78, 5) is 23.2. The van der Waals surface area contributed by atoms with Crippen molar-refractivity contribution in [1.82, 2.24) is 5.32 Å². The van der Waals surface area contributed by atoms with Crippen LogP contribution in [0.15, 0.2) is 24.3 Å². The Morgan fingerprint density at radius 1 is 1.33 bits per heavy atom. The van der Waals surface area contributed by atoms with Crippen LogP contribution in [-0.2, 0) is 19.1 Å². The molecule has 0 bridgehead atoms. The maximum Gasteiger partial charge on any atom is 0.344 e. The SMILES string of the molecule is COCCNC(=O)C(C)OC(=O)COc1ccccc1N. The minimum absolute atomic E-state index is 0.316. The Labute approximate surface area is 123 Å². The number of esters is 1. The van der Waals surface area contributed by atoms with Crippen molar-refractivity contribution in [2.75, 3.05) is 32.6 Å². The minimum atomic E-state index is -0.897. The number of nitrogen functional groups attached to an aromatic ring is 1. The van der Waals surface area contributed by atoms with E-state index in [9.17, 15) is 9.59 Å². The highest BCUT2D eigenvalue weighted by molar-refractivity contribution is 5.83. The Kier molecular flexibility index (Phi) is 7.03. The van der Waals surface area contributed by atoms with E-state index in [0.717, 1.165) is 0 Å². The number of ether oxygens (including phenoxy) is 3. The summed E-state index contributed by atoms with van der Waals surface area (Å²) in [5, 5.41) is 2.57. The number of carbonyl (C=O) groups excluding carboxylic acids is 2. The van der Waals surface area contributed by atoms with Crippen LogP contribution in [0.2, 0.25) is 0 Å². The lowest BCUT2D eigenvalue weighted by Crippen LogP contribution is -2.38. The topological polar surface area (TPSA) is 99.9 Å². The quantitative estimate of drug-likeness (QED) is 0.408. The molecular formula is C14H20N2O5. The van der Waals surface area contributed by atoms with Crippen molar-refractivity contribution in [2.45, 2.75) is 13.0 Å². The molecule has 21 heavy (non-hydrogen) atoms. The molecule has 0 radical (unpaired) electrons. The first-order valence-electron chi connectivity index (χ1n) is 6.48. The highest BCUT2D eigenvalue weighted by Crippen LogP contribution is 2.19. The standard InChI is InChI=1S/C14H20N2O5/c1-10(14(18)16-7-8-19-2)21-13(17)9-20-12-6-4-3-5-11(12)15/h3-6,10H,7-9,15H2,1-2H3,(H,16,18). The summed E-state index contributed by atoms with van der Waals surface area (Å²) < 4.78 is 15.0. The van der Waals surface area contributed by atoms with Crippen LogP contribution in [-0.4, -0.2) is 44.8 Å². The molecule has 116 valence electrons. The average Bonchev–Trinajstić information content (AvgIpc) is 2.46. The van der Waals surface area contributed by atoms with E-state index in [1.807, 2.05) is 0 Å². The molecule has 0 spiro atoms. The van der Waals surface area contributed by atoms with Crippen LogP contribution in [0.1, 0.15) is 6.92 Å². The number of amides is 1. The van der Waals surface area contributed by atoms with Gasteiger partial charge in [-0.1, -0.05) is 12.1 Å². The highest BCUT2D eigenvalue weighted by Gasteiger charge is 2.17. The van der Waals surface area contributed by atoms with Gasteiger partial charge >= 0.3 is 5.97 Å². The number of nitrogens with one attached hydrogen (secondary N) is 1. The number of para-hydroxylation sites is 2. The summed E-state index contributed by atoms with van der Waals surface area (Å²) in [7, 11) is 1.53. The monoisotopic (exact) mass is 296 g/mol. The first kappa shape index (κ1) is 16.8. The van der Waals surface area contributed by atoms with Crippen molar-refractivity contribution in [1.29, 1.82) is 0 Å². The first-order chi connectivity index (χ1) is 10.0. The van der Waals surface area contributed by atoms with Gasteiger partial charge in [-0.15, -0.1) is 0 Å². The number of hydrogen-bond acceptors (Lipinski definition) is 6. The fraction of sp³-hybridized carbons (Fsp3) is 0.429. The summed E-state index contributed by atoms with van der Waals surface area (Å²) >= 11 is 0. The molecule has 0 aromatic heterocycles. The molecule has 1 atom stereocenters. The van der Waals surface area contributed by atoms with Crippen LogP contribution >= 0.6 is 0 Å². The largest absolute Gasteiger partial charge is 0.480 e. The zero-order valence-corrected chi connectivity index (χ0v) is 12.1. The molecule has 1 aromatic rings. The van der Waals surface area contributed by atoms with E-state index in [0.29, 0.717) is 24.6 Å². The summed E-state index contributed by atoms with van der Waals surface area (Å²) in [6.07, 6.45) is -0.897. The summed E-state index contributed by atoms with van der Waals surface area (Å²) in [5.41, 5.74) is 6.10. The molecule has 0 aliphatic carbocycles. The molecule has 0 saturated carbocycles. The number of methoxy groups -OCH3 is 1. The predicted octanol–water partition coefficient (Wildman–Crippen LogP) is 0.342. The molecule has 3 N–H and O–H groups in total. The maximum absolute atomic E-state index is 11.6. The van der Waals surface area contributed by atoms with Gasteiger partial charge in [0.25, 0.3) is 5.91 Å². The Hall–Kier alpha value is -2.28. The molecule has 1 amide bonds. The Morgan fingerprint density at radius 3 is 2.71 bits per heavy atom. The van der Waals surface area contributed by atoms with Crippen LogP contribution in [0.25, 0.3) is 0 Å². The number of benzene rings is 1. The molecule has 1 rings (SSSR count). The summed E-state index contributed by atoms with van der Waals surface area (Å²) in [6, 6.07) is 6.80. The number of carbonyl (C=O) groups is 2. The average molecular weight is 296 g/mol. The second kappa shape index (κ2) is 8.80. The van der Waals surface area contributed by atoms with Crippen molar-refractivity contribution in [2.24, 2.45) is 0 Å². The zero-order valence-electron chi connectivity index (χ0n) is 12.1. The number of rotatable bonds is 8. The van der Waals surface area contributed by atoms with Crippen LogP contribution < -0.4 is 15.8 Å². The molecule has 0 aliphatic rings. The van der Waals surface area contributed by atoms with E-state index in [1.54, 1.807) is 24.3 Å². The van der Waals surface area contributed by atoms with Gasteiger partial charge in [-0.3, -0.25) is 4.79 Å². The van der Waals surface area contributed by atoms with Gasteiger partial charge in [-0.25, -0.2) is 4.79 Å². The molecule has 0 aliphatic heterocycles. The lowest BCUT2D eigenvalue weighted by atomic mass is 10.3. The van der Waals surface area contributed by atoms with Crippen molar-refractivity contribution >= 4 is 17.6 Å². The molecule has 7 heteroatoms. The lowest BCUT2D eigenvalue weighted by molar-refractivity contribution is -0.156. The molecule has 1 aromatic carbocycles. The van der Waals surface area contributed by atoms with E-state index in [-0.39, 0.29) is 12.5 Å². The second-order valence-electron chi connectivity index (χ2n) is 4.24. The molecule has 0 saturated heterocycles. The number of hydrogen-bond donors (Lipinski definition) is 2. The Morgan fingerprint density at radius 2 is 2.05 bits per heavy atom. The van der Waals surface area contributed by atoms with Crippen LogP contribution in [0.5, 0.6) is 5.75 Å². The summed E-state index contributed by atoms with van der Waals surface area (Å²) in [5.74, 6) is -0.640. The van der Waals surface area contributed by atoms with E-state index in [2.05, 4.69) is 5.32 Å². The molecule has 0 fully saturated rings. The normalized spacial score (nSPS) is 11.5. The van der Waals surface area contributed by atoms with Crippen molar-refractivity contribution in [3.63, 3.8) is 0 Å². The molecule has 7 nitrogen and oxygen atoms in total. The lowest BCUT2D eigenvalue weighted by Gasteiger charge is -2.14. The number of anilines is 1. The first-order valence-corrected chi connectivity index (χ1v) is 6.48. The van der Waals surface area contributed by atoms with E-state index in [4.69, 9.17) is 19.9 Å². The third-order valence-corrected chi connectivity index (χ3v) is 2.55. The second-order valence-corrected chi connectivity index (χ2v) is 4.24. The van der Waals surface area contributed by atoms with Gasteiger partial charge in [0.1, 0.15) is 5.75 Å². The van der Waals surface area contributed by atoms with E-state index >= 15 is 0 Å². The fourth-order valence-electron chi connectivity index (χ4n) is 1.45. The molecule has 1 unspecified atom stereocenters. The van der Waals surface area contributed by atoms with Crippen LogP contribution in [0, 0.1) is 0 Å². The smallest absolute Gasteiger partial charge is 0.344 e. The predicted molar refractivity (Wildman–Crippen MR) is 76.8 cm³/mol. The third kappa shape index (κ3) is 6.13. The highest BCUT2D eigenvalue weighted by atomic mass is 16.6. The van der Waals surface area contributed by atoms with Gasteiger partial charge in [0.05, 0.1) is 12.3 Å². The van der Waals surface area contributed by atoms with Gasteiger partial charge in [-0.2, -0.15) is 0 Å². The van der Waals surface area contributed by atoms with Gasteiger partial charge in [0, 0.05) is 13.7 Å². The van der Waals surface area contributed by atoms with Crippen molar-refractivity contribution in [3.05, 3.63) is 24.3 Å².